The van der Waals surface area contributed by atoms with Gasteiger partial charge in [-0.25, -0.2) is 0 Å². The van der Waals surface area contributed by atoms with Gasteiger partial charge in [0.2, 0.25) is 0 Å². The fourth-order valence-corrected chi connectivity index (χ4v) is 2.77. The summed E-state index contributed by atoms with van der Waals surface area (Å²) in [6, 6.07) is 15.8. The molecule has 0 N–H and O–H groups in total. The predicted molar refractivity (Wildman–Crippen MR) is 89.3 cm³/mol. The van der Waals surface area contributed by atoms with E-state index in [9.17, 15) is 4.79 Å². The van der Waals surface area contributed by atoms with Crippen molar-refractivity contribution in [3.05, 3.63) is 70.8 Å². The second-order valence-electron chi connectivity index (χ2n) is 5.89. The van der Waals surface area contributed by atoms with E-state index in [1.807, 2.05) is 68.5 Å². The summed E-state index contributed by atoms with van der Waals surface area (Å²) in [5.41, 5.74) is 3.93. The van der Waals surface area contributed by atoms with Gasteiger partial charge in [0.1, 0.15) is 5.75 Å². The van der Waals surface area contributed by atoms with E-state index in [2.05, 4.69) is 0 Å². The molecular weight excluding hydrogens is 272 g/mol. The Morgan fingerprint density at radius 1 is 1.00 bits per heavy atom. The van der Waals surface area contributed by atoms with E-state index in [0.717, 1.165) is 40.9 Å². The first kappa shape index (κ1) is 14.6. The van der Waals surface area contributed by atoms with Crippen LogP contribution in [0.3, 0.4) is 0 Å². The molecule has 0 saturated heterocycles. The van der Waals surface area contributed by atoms with Gasteiger partial charge in [-0.1, -0.05) is 36.4 Å². The van der Waals surface area contributed by atoms with Crippen LogP contribution in [-0.2, 0) is 6.42 Å². The number of rotatable bonds is 3. The quantitative estimate of drug-likeness (QED) is 0.767. The van der Waals surface area contributed by atoms with Crippen molar-refractivity contribution >= 4 is 11.9 Å². The molecule has 0 unspecified atom stereocenters. The number of hydrogen-bond donors (Lipinski definition) is 0. The summed E-state index contributed by atoms with van der Waals surface area (Å²) in [4.78, 5) is 12.5. The first-order valence-electron chi connectivity index (χ1n) is 7.73. The molecule has 22 heavy (non-hydrogen) atoms. The van der Waals surface area contributed by atoms with Gasteiger partial charge in [-0.3, -0.25) is 4.79 Å². The Balaban J connectivity index is 1.83. The van der Waals surface area contributed by atoms with Gasteiger partial charge in [-0.15, -0.1) is 0 Å². The first-order valence-corrected chi connectivity index (χ1v) is 7.73. The highest BCUT2D eigenvalue weighted by Crippen LogP contribution is 2.27. The molecular formula is C20H20O2. The number of carbonyl (C=O) groups excluding carboxylic acids is 1. The normalized spacial score (nSPS) is 16.0. The molecule has 0 atom stereocenters. The van der Waals surface area contributed by atoms with Crippen LogP contribution in [0.2, 0.25) is 0 Å². The third-order valence-corrected chi connectivity index (χ3v) is 3.81. The summed E-state index contributed by atoms with van der Waals surface area (Å²) in [5, 5.41) is 0. The second kappa shape index (κ2) is 6.18. The summed E-state index contributed by atoms with van der Waals surface area (Å²) in [7, 11) is 0. The Morgan fingerprint density at radius 3 is 2.45 bits per heavy atom. The Hall–Kier alpha value is -2.35. The number of fused-ring (bicyclic) bond motifs is 1. The molecule has 2 heteroatoms. The fourth-order valence-electron chi connectivity index (χ4n) is 2.77. The molecule has 0 fully saturated rings. The zero-order chi connectivity index (χ0) is 15.5. The van der Waals surface area contributed by atoms with Crippen LogP contribution in [0.1, 0.15) is 41.8 Å². The number of ketones is 1. The highest BCUT2D eigenvalue weighted by Gasteiger charge is 2.20. The SMILES string of the molecule is CC(C)Oc1ccc(/C=C2/CCc3ccccc3C2=O)cc1. The maximum absolute atomic E-state index is 12.5. The van der Waals surface area contributed by atoms with Crippen molar-refractivity contribution in [2.75, 3.05) is 0 Å². The summed E-state index contributed by atoms with van der Waals surface area (Å²) in [6.07, 6.45) is 3.90. The van der Waals surface area contributed by atoms with Gasteiger partial charge in [0, 0.05) is 11.1 Å². The van der Waals surface area contributed by atoms with Crippen molar-refractivity contribution in [2.45, 2.75) is 32.8 Å². The first-order chi connectivity index (χ1) is 10.6. The largest absolute Gasteiger partial charge is 0.491 e. The molecule has 0 spiro atoms. The van der Waals surface area contributed by atoms with E-state index in [0.29, 0.717) is 0 Å². The maximum Gasteiger partial charge on any atom is 0.189 e. The number of aryl methyl sites for hydroxylation is 1. The number of hydrogen-bond acceptors (Lipinski definition) is 2. The van der Waals surface area contributed by atoms with Crippen molar-refractivity contribution in [2.24, 2.45) is 0 Å². The molecule has 0 radical (unpaired) electrons. The molecule has 1 aliphatic rings. The molecule has 0 heterocycles. The average molecular weight is 292 g/mol. The zero-order valence-corrected chi connectivity index (χ0v) is 13.0. The van der Waals surface area contributed by atoms with Crippen molar-refractivity contribution < 1.29 is 9.53 Å². The molecule has 0 bridgehead atoms. The molecule has 0 aromatic heterocycles. The molecule has 1 aliphatic carbocycles. The van der Waals surface area contributed by atoms with Gasteiger partial charge < -0.3 is 4.74 Å². The topological polar surface area (TPSA) is 26.3 Å². The number of ether oxygens (including phenoxy) is 1. The lowest BCUT2D eigenvalue weighted by Gasteiger charge is -2.17. The van der Waals surface area contributed by atoms with Crippen LogP contribution < -0.4 is 4.74 Å². The van der Waals surface area contributed by atoms with E-state index in [4.69, 9.17) is 4.74 Å². The second-order valence-corrected chi connectivity index (χ2v) is 5.89. The van der Waals surface area contributed by atoms with E-state index in [1.165, 1.54) is 0 Å². The maximum atomic E-state index is 12.5. The molecule has 0 amide bonds. The number of carbonyl (C=O) groups is 1. The lowest BCUT2D eigenvalue weighted by atomic mass is 9.86. The molecule has 112 valence electrons. The zero-order valence-electron chi connectivity index (χ0n) is 13.0. The van der Waals surface area contributed by atoms with Gasteiger partial charge in [0.15, 0.2) is 5.78 Å². The van der Waals surface area contributed by atoms with Crippen LogP contribution in [0.5, 0.6) is 5.75 Å². The van der Waals surface area contributed by atoms with Crippen LogP contribution in [0.15, 0.2) is 54.1 Å². The minimum absolute atomic E-state index is 0.157. The average Bonchev–Trinajstić information content (AvgIpc) is 2.52. The fraction of sp³-hybridized carbons (Fsp3) is 0.250. The van der Waals surface area contributed by atoms with Crippen molar-refractivity contribution in [1.29, 1.82) is 0 Å². The highest BCUT2D eigenvalue weighted by atomic mass is 16.5. The minimum atomic E-state index is 0.157. The van der Waals surface area contributed by atoms with Crippen LogP contribution >= 0.6 is 0 Å². The monoisotopic (exact) mass is 292 g/mol. The highest BCUT2D eigenvalue weighted by molar-refractivity contribution is 6.13. The van der Waals surface area contributed by atoms with Gasteiger partial charge in [-0.05, 0) is 56.0 Å². The van der Waals surface area contributed by atoms with E-state index in [-0.39, 0.29) is 11.9 Å². The van der Waals surface area contributed by atoms with Gasteiger partial charge >= 0.3 is 0 Å². The van der Waals surface area contributed by atoms with Crippen LogP contribution in [0.25, 0.3) is 6.08 Å². The van der Waals surface area contributed by atoms with Crippen molar-refractivity contribution in [3.63, 3.8) is 0 Å². The third kappa shape index (κ3) is 3.11. The van der Waals surface area contributed by atoms with E-state index < -0.39 is 0 Å². The molecule has 0 saturated carbocycles. The van der Waals surface area contributed by atoms with Gasteiger partial charge in [0.25, 0.3) is 0 Å². The Bertz CT molecular complexity index is 709. The standard InChI is InChI=1S/C20H20O2/c1-14(2)22-18-11-7-15(8-12-18)13-17-10-9-16-5-3-4-6-19(16)20(17)21/h3-8,11-14H,9-10H2,1-2H3/b17-13-. The summed E-state index contributed by atoms with van der Waals surface area (Å²) >= 11 is 0. The number of Topliss-reactive ketones (excluding diaryl/α,β-unsaturated/α-hetero) is 1. The lowest BCUT2D eigenvalue weighted by Crippen LogP contribution is -2.13. The molecule has 2 aromatic carbocycles. The number of benzene rings is 2. The Morgan fingerprint density at radius 2 is 1.73 bits per heavy atom. The van der Waals surface area contributed by atoms with Crippen LogP contribution in [-0.4, -0.2) is 11.9 Å². The van der Waals surface area contributed by atoms with E-state index in [1.54, 1.807) is 0 Å². The predicted octanol–water partition coefficient (Wildman–Crippen LogP) is 4.69. The van der Waals surface area contributed by atoms with Gasteiger partial charge in [-0.2, -0.15) is 0 Å². The van der Waals surface area contributed by atoms with Crippen molar-refractivity contribution in [1.82, 2.24) is 0 Å². The Labute approximate surface area is 131 Å². The summed E-state index contributed by atoms with van der Waals surface area (Å²) in [6.45, 7) is 4.02. The summed E-state index contributed by atoms with van der Waals surface area (Å²) < 4.78 is 5.64. The van der Waals surface area contributed by atoms with Crippen LogP contribution in [0, 0.1) is 0 Å². The molecule has 0 aliphatic heterocycles. The van der Waals surface area contributed by atoms with E-state index >= 15 is 0 Å². The summed E-state index contributed by atoms with van der Waals surface area (Å²) in [5.74, 6) is 1.02. The molecule has 3 rings (SSSR count). The molecule has 2 nitrogen and oxygen atoms in total. The molecule has 2 aromatic rings. The van der Waals surface area contributed by atoms with Gasteiger partial charge in [0.05, 0.1) is 6.10 Å². The third-order valence-electron chi connectivity index (χ3n) is 3.81. The smallest absolute Gasteiger partial charge is 0.189 e. The minimum Gasteiger partial charge on any atom is -0.491 e. The van der Waals surface area contributed by atoms with Crippen molar-refractivity contribution in [3.8, 4) is 5.75 Å². The lowest BCUT2D eigenvalue weighted by molar-refractivity contribution is 0.102. The Kier molecular flexibility index (Phi) is 4.10. The number of allylic oxidation sites excluding steroid dienone is 1. The van der Waals surface area contributed by atoms with Crippen LogP contribution in [0.4, 0.5) is 0 Å².